The van der Waals surface area contributed by atoms with Gasteiger partial charge in [0.1, 0.15) is 16.5 Å². The average molecular weight is 380 g/mol. The minimum absolute atomic E-state index is 0.191. The molecule has 2 rings (SSSR count). The molecule has 0 aliphatic carbocycles. The predicted octanol–water partition coefficient (Wildman–Crippen LogP) is 5.08. The molecule has 1 aromatic heterocycles. The minimum Gasteiger partial charge on any atom is -0.481 e. The van der Waals surface area contributed by atoms with Gasteiger partial charge in [0.2, 0.25) is 5.88 Å². The summed E-state index contributed by atoms with van der Waals surface area (Å²) < 4.78 is 48.4. The topological polar surface area (TPSA) is 48.4 Å². The van der Waals surface area contributed by atoms with Gasteiger partial charge < -0.3 is 9.47 Å². The van der Waals surface area contributed by atoms with Crippen molar-refractivity contribution in [1.29, 1.82) is 0 Å². The lowest BCUT2D eigenvalue weighted by Crippen LogP contribution is -2.18. The van der Waals surface area contributed by atoms with Crippen molar-refractivity contribution < 1.29 is 27.4 Å². The van der Waals surface area contributed by atoms with Crippen LogP contribution in [-0.2, 0) is 11.0 Å². The van der Waals surface area contributed by atoms with Crippen molar-refractivity contribution in [2.45, 2.75) is 19.2 Å². The van der Waals surface area contributed by atoms with Gasteiger partial charge in [-0.25, -0.2) is 4.98 Å². The van der Waals surface area contributed by atoms with E-state index < -0.39 is 23.1 Å². The summed E-state index contributed by atoms with van der Waals surface area (Å²) in [6.07, 6.45) is -4.79. The van der Waals surface area contributed by atoms with Crippen LogP contribution >= 0.6 is 23.2 Å². The van der Waals surface area contributed by atoms with E-state index in [9.17, 15) is 18.0 Å². The van der Waals surface area contributed by atoms with Crippen molar-refractivity contribution in [3.05, 3.63) is 47.1 Å². The van der Waals surface area contributed by atoms with E-state index in [0.29, 0.717) is 6.20 Å². The quantitative estimate of drug-likeness (QED) is 0.679. The number of rotatable bonds is 5. The van der Waals surface area contributed by atoms with Crippen LogP contribution in [0.4, 0.5) is 13.2 Å². The summed E-state index contributed by atoms with van der Waals surface area (Å²) in [6.45, 7) is 1.47. The van der Waals surface area contributed by atoms with E-state index in [1.165, 1.54) is 19.1 Å². The molecule has 24 heavy (non-hydrogen) atoms. The fourth-order valence-electron chi connectivity index (χ4n) is 1.63. The van der Waals surface area contributed by atoms with Crippen LogP contribution in [0.5, 0.6) is 17.4 Å². The highest BCUT2D eigenvalue weighted by Gasteiger charge is 2.31. The number of aromatic nitrogens is 1. The minimum atomic E-state index is -4.55. The molecule has 1 unspecified atom stereocenters. The lowest BCUT2D eigenvalue weighted by Gasteiger charge is -2.13. The number of benzene rings is 1. The van der Waals surface area contributed by atoms with E-state index in [2.05, 4.69) is 4.98 Å². The molecule has 1 aromatic carbocycles. The van der Waals surface area contributed by atoms with Crippen LogP contribution in [0.15, 0.2) is 36.5 Å². The maximum absolute atomic E-state index is 12.6. The summed E-state index contributed by atoms with van der Waals surface area (Å²) in [7, 11) is 0. The maximum atomic E-state index is 12.6. The van der Waals surface area contributed by atoms with Gasteiger partial charge in [-0.2, -0.15) is 13.2 Å². The molecule has 1 atom stereocenters. The van der Waals surface area contributed by atoms with Gasteiger partial charge in [-0.1, -0.05) is 17.7 Å². The van der Waals surface area contributed by atoms with E-state index in [-0.39, 0.29) is 22.4 Å². The smallest absolute Gasteiger partial charge is 0.417 e. The largest absolute Gasteiger partial charge is 0.481 e. The summed E-state index contributed by atoms with van der Waals surface area (Å²) in [6, 6.07) is 6.79. The van der Waals surface area contributed by atoms with Crippen LogP contribution in [0, 0.1) is 0 Å². The first-order valence-corrected chi connectivity index (χ1v) is 7.29. The zero-order valence-electron chi connectivity index (χ0n) is 12.1. The monoisotopic (exact) mass is 379 g/mol. The number of carbonyl (C=O) groups excluding carboxylic acids is 1. The Bertz CT molecular complexity index is 753. The number of hydrogen-bond acceptors (Lipinski definition) is 4. The molecule has 0 fully saturated rings. The summed E-state index contributed by atoms with van der Waals surface area (Å²) >= 11 is 11.1. The van der Waals surface area contributed by atoms with Crippen LogP contribution in [0.25, 0.3) is 0 Å². The first kappa shape index (κ1) is 18.4. The van der Waals surface area contributed by atoms with Crippen molar-refractivity contribution >= 4 is 28.4 Å². The molecule has 9 heteroatoms. The molecule has 4 nitrogen and oxygen atoms in total. The highest BCUT2D eigenvalue weighted by molar-refractivity contribution is 6.64. The third-order valence-corrected chi connectivity index (χ3v) is 3.37. The maximum Gasteiger partial charge on any atom is 0.417 e. The van der Waals surface area contributed by atoms with E-state index in [4.69, 9.17) is 32.7 Å². The van der Waals surface area contributed by atoms with Gasteiger partial charge >= 0.3 is 6.18 Å². The zero-order valence-corrected chi connectivity index (χ0v) is 13.6. The summed E-state index contributed by atoms with van der Waals surface area (Å²) in [5.41, 5.74) is -0.980. The third-order valence-electron chi connectivity index (χ3n) is 2.79. The van der Waals surface area contributed by atoms with Crippen molar-refractivity contribution in [1.82, 2.24) is 4.98 Å². The van der Waals surface area contributed by atoms with E-state index in [1.807, 2.05) is 0 Å². The first-order valence-electron chi connectivity index (χ1n) is 6.53. The average Bonchev–Trinajstić information content (AvgIpc) is 2.48. The SMILES string of the molecule is CC(Oc1cccc(Oc2ncc(C(F)(F)F)cc2Cl)c1)C(=O)Cl. The number of alkyl halides is 3. The molecular formula is C15H10Cl2F3NO3. The van der Waals surface area contributed by atoms with E-state index in [1.54, 1.807) is 12.1 Å². The lowest BCUT2D eigenvalue weighted by atomic mass is 10.3. The Hall–Kier alpha value is -1.99. The second-order valence-corrected chi connectivity index (χ2v) is 5.43. The Morgan fingerprint density at radius 2 is 1.92 bits per heavy atom. The first-order chi connectivity index (χ1) is 11.2. The molecule has 2 aromatic rings. The Balaban J connectivity index is 2.18. The van der Waals surface area contributed by atoms with Crippen LogP contribution in [0.1, 0.15) is 12.5 Å². The second kappa shape index (κ2) is 7.27. The molecule has 128 valence electrons. The highest BCUT2D eigenvalue weighted by Crippen LogP contribution is 2.35. The van der Waals surface area contributed by atoms with Gasteiger partial charge in [-0.3, -0.25) is 4.79 Å². The van der Waals surface area contributed by atoms with Crippen molar-refractivity contribution in [2.24, 2.45) is 0 Å². The third kappa shape index (κ3) is 4.75. The molecule has 0 saturated carbocycles. The fraction of sp³-hybridized carbons (Fsp3) is 0.200. The summed E-state index contributed by atoms with van der Waals surface area (Å²) in [5.74, 6) is 0.316. The number of nitrogens with zero attached hydrogens (tertiary/aromatic N) is 1. The molecule has 0 bridgehead atoms. The van der Waals surface area contributed by atoms with Gasteiger partial charge in [0.25, 0.3) is 5.24 Å². The van der Waals surface area contributed by atoms with E-state index >= 15 is 0 Å². The van der Waals surface area contributed by atoms with Crippen molar-refractivity contribution in [3.63, 3.8) is 0 Å². The fourth-order valence-corrected chi connectivity index (χ4v) is 1.88. The molecular weight excluding hydrogens is 370 g/mol. The zero-order chi connectivity index (χ0) is 17.9. The van der Waals surface area contributed by atoms with Crippen LogP contribution in [0.3, 0.4) is 0 Å². The standard InChI is InChI=1S/C15H10Cl2F3NO3/c1-8(13(17)22)23-10-3-2-4-11(6-10)24-14-12(16)5-9(7-21-14)15(18,19)20/h2-8H,1H3. The van der Waals surface area contributed by atoms with Crippen LogP contribution in [-0.4, -0.2) is 16.3 Å². The number of hydrogen-bond donors (Lipinski definition) is 0. The Morgan fingerprint density at radius 1 is 1.25 bits per heavy atom. The summed E-state index contributed by atoms with van der Waals surface area (Å²) in [4.78, 5) is 14.5. The number of ether oxygens (including phenoxy) is 2. The molecule has 0 saturated heterocycles. The van der Waals surface area contributed by atoms with Crippen LogP contribution < -0.4 is 9.47 Å². The molecule has 0 N–H and O–H groups in total. The van der Waals surface area contributed by atoms with Gasteiger partial charge in [-0.15, -0.1) is 0 Å². The van der Waals surface area contributed by atoms with Crippen LogP contribution in [0.2, 0.25) is 5.02 Å². The number of halogens is 5. The predicted molar refractivity (Wildman–Crippen MR) is 81.7 cm³/mol. The normalized spacial score (nSPS) is 12.6. The van der Waals surface area contributed by atoms with Gasteiger partial charge in [0.05, 0.1) is 5.56 Å². The molecule has 0 radical (unpaired) electrons. The molecule has 0 spiro atoms. The molecule has 1 heterocycles. The Kier molecular flexibility index (Phi) is 5.56. The van der Waals surface area contributed by atoms with Gasteiger partial charge in [0.15, 0.2) is 6.10 Å². The molecule has 0 amide bonds. The Morgan fingerprint density at radius 3 is 2.50 bits per heavy atom. The number of pyridine rings is 1. The number of carbonyl (C=O) groups is 1. The van der Waals surface area contributed by atoms with E-state index in [0.717, 1.165) is 6.07 Å². The molecule has 0 aliphatic rings. The summed E-state index contributed by atoms with van der Waals surface area (Å²) in [5, 5.41) is -0.964. The Labute approximate surface area is 145 Å². The highest BCUT2D eigenvalue weighted by atomic mass is 35.5. The molecule has 0 aliphatic heterocycles. The van der Waals surface area contributed by atoms with Gasteiger partial charge in [0, 0.05) is 12.3 Å². The van der Waals surface area contributed by atoms with Gasteiger partial charge in [-0.05, 0) is 36.7 Å². The second-order valence-electron chi connectivity index (χ2n) is 4.65. The van der Waals surface area contributed by atoms with Crippen molar-refractivity contribution in [2.75, 3.05) is 0 Å². The lowest BCUT2D eigenvalue weighted by molar-refractivity contribution is -0.137. The van der Waals surface area contributed by atoms with Crippen molar-refractivity contribution in [3.8, 4) is 17.4 Å².